The van der Waals surface area contributed by atoms with Gasteiger partial charge in [0.05, 0.1) is 5.60 Å². The highest BCUT2D eigenvalue weighted by Crippen LogP contribution is 2.50. The second-order valence-corrected chi connectivity index (χ2v) is 9.04. The highest BCUT2D eigenvalue weighted by molar-refractivity contribution is 5.81. The van der Waals surface area contributed by atoms with Crippen LogP contribution >= 0.6 is 0 Å². The van der Waals surface area contributed by atoms with Crippen LogP contribution in [0.15, 0.2) is 18.2 Å². The van der Waals surface area contributed by atoms with Crippen LogP contribution in [0.1, 0.15) is 62.5 Å². The minimum atomic E-state index is -0.640. The fourth-order valence-corrected chi connectivity index (χ4v) is 5.35. The molecule has 1 aromatic carbocycles. The molecule has 1 amide bonds. The Balaban J connectivity index is 1.32. The van der Waals surface area contributed by atoms with Crippen molar-refractivity contribution in [1.82, 2.24) is 4.90 Å². The summed E-state index contributed by atoms with van der Waals surface area (Å²) in [6.07, 6.45) is 5.40. The first-order valence-electron chi connectivity index (χ1n) is 9.55. The van der Waals surface area contributed by atoms with Crippen LogP contribution in [0.25, 0.3) is 0 Å². The molecule has 1 spiro atoms. The maximum atomic E-state index is 14.2. The van der Waals surface area contributed by atoms with Gasteiger partial charge < -0.3 is 10.0 Å². The van der Waals surface area contributed by atoms with E-state index in [1.54, 1.807) is 19.1 Å². The van der Waals surface area contributed by atoms with Crippen molar-refractivity contribution in [3.8, 4) is 0 Å². The van der Waals surface area contributed by atoms with Gasteiger partial charge in [-0.2, -0.15) is 0 Å². The van der Waals surface area contributed by atoms with Crippen LogP contribution in [0.4, 0.5) is 4.39 Å². The second kappa shape index (κ2) is 5.80. The van der Waals surface area contributed by atoms with Gasteiger partial charge in [0, 0.05) is 24.4 Å². The summed E-state index contributed by atoms with van der Waals surface area (Å²) in [5.74, 6) is 0.496. The Morgan fingerprint density at radius 2 is 1.88 bits per heavy atom. The molecular weight excluding hydrogens is 317 g/mol. The summed E-state index contributed by atoms with van der Waals surface area (Å²) in [4.78, 5) is 14.4. The Hall–Kier alpha value is -1.42. The molecule has 3 nitrogen and oxygen atoms in total. The van der Waals surface area contributed by atoms with E-state index in [0.29, 0.717) is 18.8 Å². The smallest absolute Gasteiger partial charge is 0.225 e. The third-order valence-electron chi connectivity index (χ3n) is 6.81. The zero-order chi connectivity index (χ0) is 17.8. The molecule has 25 heavy (non-hydrogen) atoms. The number of carbonyl (C=O) groups is 1. The largest absolute Gasteiger partial charge is 0.390 e. The number of hydrogen-bond acceptors (Lipinski definition) is 2. The van der Waals surface area contributed by atoms with E-state index < -0.39 is 5.60 Å². The van der Waals surface area contributed by atoms with Crippen molar-refractivity contribution in [1.29, 1.82) is 0 Å². The summed E-state index contributed by atoms with van der Waals surface area (Å²) in [5, 5.41) is 9.83. The van der Waals surface area contributed by atoms with Gasteiger partial charge in [-0.15, -0.1) is 0 Å². The van der Waals surface area contributed by atoms with Gasteiger partial charge in [-0.05, 0) is 75.5 Å². The van der Waals surface area contributed by atoms with E-state index in [4.69, 9.17) is 0 Å². The summed E-state index contributed by atoms with van der Waals surface area (Å²) >= 11 is 0. The Kier molecular flexibility index (Phi) is 3.95. The molecule has 2 saturated carbocycles. The van der Waals surface area contributed by atoms with Crippen LogP contribution in [0.5, 0.6) is 0 Å². The van der Waals surface area contributed by atoms with Crippen molar-refractivity contribution < 1.29 is 14.3 Å². The molecule has 0 atom stereocenters. The molecule has 0 unspecified atom stereocenters. The number of carbonyl (C=O) groups excluding carboxylic acids is 1. The maximum Gasteiger partial charge on any atom is 0.225 e. The SMILES string of the molecule is Cc1cccc(F)c1C1CCC2(CC1)CN(C(=O)C1CC(C)(O)C1)C2. The van der Waals surface area contributed by atoms with Crippen LogP contribution in [-0.4, -0.2) is 34.6 Å². The van der Waals surface area contributed by atoms with E-state index in [2.05, 4.69) is 0 Å². The molecule has 1 aromatic rings. The van der Waals surface area contributed by atoms with Gasteiger partial charge in [-0.25, -0.2) is 4.39 Å². The molecule has 0 aromatic heterocycles. The molecule has 1 N–H and O–H groups in total. The Morgan fingerprint density at radius 3 is 2.44 bits per heavy atom. The zero-order valence-corrected chi connectivity index (χ0v) is 15.2. The molecule has 3 aliphatic rings. The quantitative estimate of drug-likeness (QED) is 0.886. The number of aliphatic hydroxyl groups is 1. The predicted octanol–water partition coefficient (Wildman–Crippen LogP) is 3.78. The van der Waals surface area contributed by atoms with Gasteiger partial charge in [0.15, 0.2) is 0 Å². The highest BCUT2D eigenvalue weighted by atomic mass is 19.1. The summed E-state index contributed by atoms with van der Waals surface area (Å²) in [7, 11) is 0. The standard InChI is InChI=1S/C21H28FNO2/c1-14-4-3-5-17(22)18(14)15-6-8-21(9-7-15)12-23(13-21)19(24)16-10-20(2,25)11-16/h3-5,15-16,25H,6-13H2,1-2H3. The average molecular weight is 345 g/mol. The van der Waals surface area contributed by atoms with Gasteiger partial charge in [0.1, 0.15) is 5.82 Å². The first-order chi connectivity index (χ1) is 11.8. The number of nitrogens with zero attached hydrogens (tertiary/aromatic N) is 1. The Morgan fingerprint density at radius 1 is 1.24 bits per heavy atom. The van der Waals surface area contributed by atoms with Crippen LogP contribution in [0, 0.1) is 24.1 Å². The van der Waals surface area contributed by atoms with E-state index in [1.165, 1.54) is 0 Å². The van der Waals surface area contributed by atoms with Gasteiger partial charge in [-0.3, -0.25) is 4.79 Å². The van der Waals surface area contributed by atoms with E-state index in [9.17, 15) is 14.3 Å². The number of benzene rings is 1. The van der Waals surface area contributed by atoms with Crippen molar-refractivity contribution >= 4 is 5.91 Å². The number of likely N-dealkylation sites (tertiary alicyclic amines) is 1. The van der Waals surface area contributed by atoms with Crippen molar-refractivity contribution in [2.75, 3.05) is 13.1 Å². The van der Waals surface area contributed by atoms with E-state index in [-0.39, 0.29) is 23.1 Å². The molecule has 2 aliphatic carbocycles. The molecule has 1 aliphatic heterocycles. The first kappa shape index (κ1) is 17.0. The number of hydrogen-bond donors (Lipinski definition) is 1. The molecule has 4 heteroatoms. The van der Waals surface area contributed by atoms with Crippen molar-refractivity contribution in [3.63, 3.8) is 0 Å². The topological polar surface area (TPSA) is 40.5 Å². The van der Waals surface area contributed by atoms with Gasteiger partial charge in [-0.1, -0.05) is 12.1 Å². The van der Waals surface area contributed by atoms with Crippen molar-refractivity contribution in [2.24, 2.45) is 11.3 Å². The Labute approximate surface area is 149 Å². The summed E-state index contributed by atoms with van der Waals surface area (Å²) in [5.41, 5.74) is 1.58. The zero-order valence-electron chi connectivity index (χ0n) is 15.2. The molecule has 1 saturated heterocycles. The number of halogens is 1. The molecule has 1 heterocycles. The lowest BCUT2D eigenvalue weighted by atomic mass is 9.63. The minimum absolute atomic E-state index is 0.0183. The fourth-order valence-electron chi connectivity index (χ4n) is 5.35. The summed E-state index contributed by atoms with van der Waals surface area (Å²) in [6.45, 7) is 5.52. The van der Waals surface area contributed by atoms with Crippen LogP contribution in [0.3, 0.4) is 0 Å². The van der Waals surface area contributed by atoms with E-state index in [1.807, 2.05) is 17.9 Å². The van der Waals surface area contributed by atoms with Crippen molar-refractivity contribution in [2.45, 2.75) is 63.9 Å². The molecule has 0 bridgehead atoms. The van der Waals surface area contributed by atoms with Crippen LogP contribution in [0.2, 0.25) is 0 Å². The van der Waals surface area contributed by atoms with Gasteiger partial charge >= 0.3 is 0 Å². The molecule has 3 fully saturated rings. The lowest BCUT2D eigenvalue weighted by Gasteiger charge is -2.55. The molecule has 136 valence electrons. The highest BCUT2D eigenvalue weighted by Gasteiger charge is 2.51. The lowest BCUT2D eigenvalue weighted by Crippen LogP contribution is -2.62. The molecular formula is C21H28FNO2. The minimum Gasteiger partial charge on any atom is -0.390 e. The number of amides is 1. The molecule has 0 radical (unpaired) electrons. The number of aryl methyl sites for hydroxylation is 1. The Bertz CT molecular complexity index is 655. The third-order valence-corrected chi connectivity index (χ3v) is 6.81. The first-order valence-corrected chi connectivity index (χ1v) is 9.55. The fraction of sp³-hybridized carbons (Fsp3) is 0.667. The third kappa shape index (κ3) is 2.99. The van der Waals surface area contributed by atoms with Crippen molar-refractivity contribution in [3.05, 3.63) is 35.1 Å². The van der Waals surface area contributed by atoms with Crippen LogP contribution in [-0.2, 0) is 4.79 Å². The second-order valence-electron chi connectivity index (χ2n) is 9.04. The average Bonchev–Trinajstić information content (AvgIpc) is 2.50. The van der Waals surface area contributed by atoms with E-state index >= 15 is 0 Å². The van der Waals surface area contributed by atoms with E-state index in [0.717, 1.165) is 49.9 Å². The normalized spacial score (nSPS) is 31.5. The van der Waals surface area contributed by atoms with Crippen LogP contribution < -0.4 is 0 Å². The molecule has 4 rings (SSSR count). The predicted molar refractivity (Wildman–Crippen MR) is 94.7 cm³/mol. The van der Waals surface area contributed by atoms with Gasteiger partial charge in [0.2, 0.25) is 5.91 Å². The summed E-state index contributed by atoms with van der Waals surface area (Å²) in [6, 6.07) is 5.36. The number of rotatable bonds is 2. The monoisotopic (exact) mass is 345 g/mol. The summed E-state index contributed by atoms with van der Waals surface area (Å²) < 4.78 is 14.2. The maximum absolute atomic E-state index is 14.2. The lowest BCUT2D eigenvalue weighted by molar-refractivity contribution is -0.163. The van der Waals surface area contributed by atoms with Gasteiger partial charge in [0.25, 0.3) is 0 Å².